The molecule has 0 spiro atoms. The van der Waals surface area contributed by atoms with Gasteiger partial charge in [0.25, 0.3) is 0 Å². The lowest BCUT2D eigenvalue weighted by molar-refractivity contribution is 0.120. The van der Waals surface area contributed by atoms with Crippen molar-refractivity contribution < 1.29 is 24.8 Å². The fourth-order valence-corrected chi connectivity index (χ4v) is 4.31. The smallest absolute Gasteiger partial charge is 0.197 e. The topological polar surface area (TPSA) is 98.0 Å². The van der Waals surface area contributed by atoms with E-state index in [-0.39, 0.29) is 11.8 Å². The van der Waals surface area contributed by atoms with E-state index in [2.05, 4.69) is 6.92 Å². The molecule has 1 fully saturated rings. The van der Waals surface area contributed by atoms with E-state index in [1.54, 1.807) is 6.08 Å². The summed E-state index contributed by atoms with van der Waals surface area (Å²) in [7, 11) is -2.93. The molecule has 0 aromatic rings. The van der Waals surface area contributed by atoms with E-state index in [1.807, 2.05) is 18.2 Å². The molecule has 26 heavy (non-hydrogen) atoms. The zero-order valence-corrected chi connectivity index (χ0v) is 17.1. The minimum Gasteiger partial charge on any atom is -0.393 e. The monoisotopic (exact) mass is 388 g/mol. The molecule has 0 bridgehead atoms. The summed E-state index contributed by atoms with van der Waals surface area (Å²) in [5.41, 5.74) is 0. The second-order valence-electron chi connectivity index (χ2n) is 7.68. The fourth-order valence-electron chi connectivity index (χ4n) is 3.54. The van der Waals surface area contributed by atoms with Crippen molar-refractivity contribution in [2.24, 2.45) is 11.8 Å². The summed E-state index contributed by atoms with van der Waals surface area (Å²) in [4.78, 5) is 9.26. The van der Waals surface area contributed by atoms with Crippen molar-refractivity contribution in [1.29, 1.82) is 0 Å². The Hall–Kier alpha value is -0.450. The molecule has 5 nitrogen and oxygen atoms in total. The van der Waals surface area contributed by atoms with E-state index in [0.717, 1.165) is 32.1 Å². The molecular formula is C20H37O5P. The van der Waals surface area contributed by atoms with E-state index in [4.69, 9.17) is 0 Å². The largest absolute Gasteiger partial charge is 0.393 e. The van der Waals surface area contributed by atoms with Crippen LogP contribution in [0.2, 0.25) is 0 Å². The highest BCUT2D eigenvalue weighted by atomic mass is 31.2. The first kappa shape index (κ1) is 23.6. The lowest BCUT2D eigenvalue weighted by atomic mass is 9.89. The molecule has 0 aromatic carbocycles. The zero-order chi connectivity index (χ0) is 19.6. The van der Waals surface area contributed by atoms with E-state index >= 15 is 0 Å². The van der Waals surface area contributed by atoms with Gasteiger partial charge >= 0.3 is 0 Å². The van der Waals surface area contributed by atoms with Crippen LogP contribution < -0.4 is 0 Å². The fraction of sp³-hybridized carbons (Fsp3) is 0.800. The zero-order valence-electron chi connectivity index (χ0n) is 16.2. The van der Waals surface area contributed by atoms with Crippen molar-refractivity contribution in [2.75, 3.05) is 12.8 Å². The summed E-state index contributed by atoms with van der Waals surface area (Å²) in [6.45, 7) is 3.50. The van der Waals surface area contributed by atoms with Gasteiger partial charge in [-0.25, -0.2) is 0 Å². The van der Waals surface area contributed by atoms with Crippen LogP contribution in [0.15, 0.2) is 24.3 Å². The van der Waals surface area contributed by atoms with Crippen molar-refractivity contribution in [3.05, 3.63) is 24.3 Å². The Labute approximate surface area is 158 Å². The van der Waals surface area contributed by atoms with Gasteiger partial charge in [0.05, 0.1) is 18.3 Å². The lowest BCUT2D eigenvalue weighted by Gasteiger charge is -2.19. The molecular weight excluding hydrogens is 351 g/mol. The predicted molar refractivity (Wildman–Crippen MR) is 107 cm³/mol. The first-order chi connectivity index (χ1) is 12.2. The normalized spacial score (nSPS) is 30.2. The van der Waals surface area contributed by atoms with Crippen LogP contribution in [-0.4, -0.2) is 51.4 Å². The molecule has 0 saturated heterocycles. The molecule has 6 heteroatoms. The van der Waals surface area contributed by atoms with Crippen molar-refractivity contribution in [3.63, 3.8) is 0 Å². The first-order valence-electron chi connectivity index (χ1n) is 9.91. The van der Waals surface area contributed by atoms with Crippen LogP contribution in [0.25, 0.3) is 0 Å². The van der Waals surface area contributed by atoms with Crippen molar-refractivity contribution >= 4 is 7.37 Å². The molecule has 0 heterocycles. The van der Waals surface area contributed by atoms with Crippen LogP contribution in [0.3, 0.4) is 0 Å². The van der Waals surface area contributed by atoms with Crippen LogP contribution in [0, 0.1) is 11.8 Å². The standard InChI is InChI=1S/C20H37O5P/c1-3-4-7-10-16(21)12-13-18-17(19(22)15-20(18)23)11-8-5-6-9-14-26(2,24)25/h5,8,12-13,16-23H,3-4,6-7,9-11,14-15H2,1-2H3,(H,24,25)/b8-5-,13-12+/t16?,17-,18-,19+,20-/m1/s1. The number of hydrogen-bond donors (Lipinski definition) is 4. The first-order valence-corrected chi connectivity index (χ1v) is 12.2. The number of rotatable bonds is 12. The Balaban J connectivity index is 2.47. The van der Waals surface area contributed by atoms with E-state index < -0.39 is 25.7 Å². The highest BCUT2D eigenvalue weighted by Crippen LogP contribution is 2.37. The summed E-state index contributed by atoms with van der Waals surface area (Å²) < 4.78 is 11.2. The third kappa shape index (κ3) is 9.48. The molecule has 1 aliphatic carbocycles. The van der Waals surface area contributed by atoms with Crippen LogP contribution in [0.4, 0.5) is 0 Å². The van der Waals surface area contributed by atoms with Gasteiger partial charge in [-0.05, 0) is 31.6 Å². The Kier molecular flexibility index (Phi) is 11.0. The molecule has 1 aliphatic rings. The van der Waals surface area contributed by atoms with Gasteiger partial charge < -0.3 is 20.2 Å². The summed E-state index contributed by atoms with van der Waals surface area (Å²) in [5, 5.41) is 30.5. The summed E-state index contributed by atoms with van der Waals surface area (Å²) in [6.07, 6.45) is 12.7. The number of hydrogen-bond acceptors (Lipinski definition) is 4. The van der Waals surface area contributed by atoms with E-state index in [1.165, 1.54) is 6.66 Å². The Morgan fingerprint density at radius 2 is 1.88 bits per heavy atom. The van der Waals surface area contributed by atoms with E-state index in [9.17, 15) is 24.8 Å². The lowest BCUT2D eigenvalue weighted by Crippen LogP contribution is -2.20. The Morgan fingerprint density at radius 3 is 2.54 bits per heavy atom. The van der Waals surface area contributed by atoms with Crippen molar-refractivity contribution in [3.8, 4) is 0 Å². The second kappa shape index (κ2) is 12.1. The summed E-state index contributed by atoms with van der Waals surface area (Å²) in [6, 6.07) is 0. The van der Waals surface area contributed by atoms with E-state index in [0.29, 0.717) is 25.4 Å². The molecule has 1 saturated carbocycles. The maximum Gasteiger partial charge on any atom is 0.197 e. The predicted octanol–water partition coefficient (Wildman–Crippen LogP) is 3.47. The highest BCUT2D eigenvalue weighted by molar-refractivity contribution is 7.57. The van der Waals surface area contributed by atoms with Crippen LogP contribution >= 0.6 is 7.37 Å². The highest BCUT2D eigenvalue weighted by Gasteiger charge is 2.39. The molecule has 152 valence electrons. The maximum absolute atomic E-state index is 11.2. The Morgan fingerprint density at radius 1 is 1.15 bits per heavy atom. The number of allylic oxidation sites excluding steroid dienone is 2. The molecule has 4 N–H and O–H groups in total. The molecule has 2 unspecified atom stereocenters. The number of aliphatic hydroxyl groups is 3. The maximum atomic E-state index is 11.2. The molecule has 1 rings (SSSR count). The van der Waals surface area contributed by atoms with Gasteiger partial charge in [0.2, 0.25) is 0 Å². The van der Waals surface area contributed by atoms with Gasteiger partial charge in [0, 0.05) is 25.2 Å². The third-order valence-electron chi connectivity index (χ3n) is 5.09. The van der Waals surface area contributed by atoms with Gasteiger partial charge in [0.1, 0.15) is 0 Å². The minimum absolute atomic E-state index is 0.0598. The summed E-state index contributed by atoms with van der Waals surface area (Å²) in [5.74, 6) is -0.209. The quantitative estimate of drug-likeness (QED) is 0.233. The van der Waals surface area contributed by atoms with Gasteiger partial charge in [0.15, 0.2) is 7.37 Å². The SMILES string of the molecule is CCCCCC(O)/C=C/[C@@H]1[C@@H](C/C=C\CCCP(C)(=O)O)[C@@H](O)C[C@H]1O. The molecule has 0 aliphatic heterocycles. The van der Waals surface area contributed by atoms with Gasteiger partial charge in [-0.2, -0.15) is 0 Å². The Bertz CT molecular complexity index is 485. The molecule has 0 radical (unpaired) electrons. The van der Waals surface area contributed by atoms with Crippen molar-refractivity contribution in [2.45, 2.75) is 76.6 Å². The van der Waals surface area contributed by atoms with Crippen LogP contribution in [0.1, 0.15) is 58.3 Å². The van der Waals surface area contributed by atoms with Crippen LogP contribution in [-0.2, 0) is 4.57 Å². The molecule has 6 atom stereocenters. The van der Waals surface area contributed by atoms with Gasteiger partial charge in [-0.15, -0.1) is 0 Å². The minimum atomic E-state index is -2.93. The molecule has 0 aromatic heterocycles. The third-order valence-corrected chi connectivity index (χ3v) is 6.24. The van der Waals surface area contributed by atoms with Gasteiger partial charge in [-0.3, -0.25) is 4.57 Å². The van der Waals surface area contributed by atoms with Crippen molar-refractivity contribution in [1.82, 2.24) is 0 Å². The average molecular weight is 388 g/mol. The second-order valence-corrected chi connectivity index (χ2v) is 10.2. The van der Waals surface area contributed by atoms with Crippen LogP contribution in [0.5, 0.6) is 0 Å². The summed E-state index contributed by atoms with van der Waals surface area (Å²) >= 11 is 0. The molecule has 0 amide bonds. The number of aliphatic hydroxyl groups excluding tert-OH is 3. The average Bonchev–Trinajstić information content (AvgIpc) is 2.81. The van der Waals surface area contributed by atoms with Gasteiger partial charge in [-0.1, -0.05) is 50.5 Å². The number of unbranched alkanes of at least 4 members (excludes halogenated alkanes) is 3.